The molecule has 17 heavy (non-hydrogen) atoms. The molecule has 1 aliphatic carbocycles. The zero-order valence-electron chi connectivity index (χ0n) is 9.98. The van der Waals surface area contributed by atoms with Gasteiger partial charge in [-0.2, -0.15) is 0 Å². The fourth-order valence-corrected chi connectivity index (χ4v) is 2.30. The predicted molar refractivity (Wildman–Crippen MR) is 64.1 cm³/mol. The van der Waals surface area contributed by atoms with Gasteiger partial charge in [0.05, 0.1) is 17.4 Å². The second-order valence-corrected chi connectivity index (χ2v) is 7.08. The van der Waals surface area contributed by atoms with Gasteiger partial charge in [-0.1, -0.05) is 0 Å². The van der Waals surface area contributed by atoms with Gasteiger partial charge >= 0.3 is 0 Å². The van der Waals surface area contributed by atoms with Crippen LogP contribution in [0.25, 0.3) is 0 Å². The van der Waals surface area contributed by atoms with Gasteiger partial charge in [0.15, 0.2) is 0 Å². The molecule has 100 valence electrons. The Bertz CT molecular complexity index is 376. The zero-order valence-corrected chi connectivity index (χ0v) is 10.8. The van der Waals surface area contributed by atoms with E-state index in [0.29, 0.717) is 12.8 Å². The van der Waals surface area contributed by atoms with Gasteiger partial charge in [-0.25, -0.2) is 8.42 Å². The van der Waals surface area contributed by atoms with Crippen LogP contribution in [-0.2, 0) is 14.6 Å². The van der Waals surface area contributed by atoms with E-state index in [-0.39, 0.29) is 18.7 Å². The summed E-state index contributed by atoms with van der Waals surface area (Å²) in [5.41, 5.74) is 4.77. The minimum atomic E-state index is -3.10. The first-order valence-electron chi connectivity index (χ1n) is 5.65. The Kier molecular flexibility index (Phi) is 4.51. The van der Waals surface area contributed by atoms with Crippen LogP contribution in [0.3, 0.4) is 0 Å². The summed E-state index contributed by atoms with van der Waals surface area (Å²) in [6, 6.07) is -0.839. The van der Waals surface area contributed by atoms with Crippen molar-refractivity contribution in [1.29, 1.82) is 0 Å². The molecule has 0 aromatic heterocycles. The molecule has 0 aromatic rings. The third-order valence-electron chi connectivity index (χ3n) is 3.01. The molecule has 0 aliphatic heterocycles. The number of carbonyl (C=O) groups is 1. The first kappa shape index (κ1) is 14.4. The molecule has 0 heterocycles. The lowest BCUT2D eigenvalue weighted by Gasteiger charge is -2.36. The number of sulfone groups is 1. The molecule has 1 fully saturated rings. The summed E-state index contributed by atoms with van der Waals surface area (Å²) >= 11 is 0. The molecule has 4 N–H and O–H groups in total. The molecule has 0 radical (unpaired) electrons. The number of nitrogens with two attached hydrogens (primary N) is 1. The lowest BCUT2D eigenvalue weighted by Crippen LogP contribution is -2.51. The van der Waals surface area contributed by atoms with Gasteiger partial charge in [0.25, 0.3) is 0 Å². The van der Waals surface area contributed by atoms with E-state index in [1.54, 1.807) is 0 Å². The molecule has 7 heteroatoms. The molecular formula is C10H20N2O4S. The summed E-state index contributed by atoms with van der Waals surface area (Å²) in [4.78, 5) is 11.5. The number of rotatable bonds is 6. The maximum Gasteiger partial charge on any atom is 0.237 e. The zero-order chi connectivity index (χ0) is 13.1. The van der Waals surface area contributed by atoms with Crippen LogP contribution in [0.4, 0.5) is 0 Å². The van der Waals surface area contributed by atoms with Gasteiger partial charge in [-0.05, 0) is 25.7 Å². The standard InChI is InChI=1S/C10H20N2O4S/c1-17(15,16)6-3-8(11)9(13)12-7-10(14)4-2-5-10/h8,14H,2-7,11H2,1H3,(H,12,13). The first-order valence-corrected chi connectivity index (χ1v) is 7.71. The highest BCUT2D eigenvalue weighted by Gasteiger charge is 2.34. The van der Waals surface area contributed by atoms with Crippen molar-refractivity contribution in [3.05, 3.63) is 0 Å². The molecule has 0 spiro atoms. The number of aliphatic hydroxyl groups is 1. The van der Waals surface area contributed by atoms with E-state index in [1.807, 2.05) is 0 Å². The van der Waals surface area contributed by atoms with Crippen molar-refractivity contribution in [2.45, 2.75) is 37.3 Å². The Morgan fingerprint density at radius 1 is 1.53 bits per heavy atom. The third-order valence-corrected chi connectivity index (χ3v) is 3.99. The summed E-state index contributed by atoms with van der Waals surface area (Å²) in [5, 5.41) is 12.3. The Hall–Kier alpha value is -0.660. The van der Waals surface area contributed by atoms with Crippen molar-refractivity contribution in [2.24, 2.45) is 5.73 Å². The quantitative estimate of drug-likeness (QED) is 0.557. The second kappa shape index (κ2) is 5.32. The smallest absolute Gasteiger partial charge is 0.237 e. The molecule has 1 atom stereocenters. The lowest BCUT2D eigenvalue weighted by atomic mass is 9.80. The van der Waals surface area contributed by atoms with Crippen molar-refractivity contribution < 1.29 is 18.3 Å². The van der Waals surface area contributed by atoms with E-state index in [4.69, 9.17) is 5.73 Å². The van der Waals surface area contributed by atoms with Crippen LogP contribution < -0.4 is 11.1 Å². The van der Waals surface area contributed by atoms with Crippen LogP contribution in [-0.4, -0.2) is 49.6 Å². The molecule has 1 aliphatic rings. The SMILES string of the molecule is CS(=O)(=O)CCC(N)C(=O)NCC1(O)CCC1. The minimum absolute atomic E-state index is 0.100. The van der Waals surface area contributed by atoms with Gasteiger partial charge in [-0.3, -0.25) is 4.79 Å². The van der Waals surface area contributed by atoms with Crippen LogP contribution in [0.2, 0.25) is 0 Å². The van der Waals surface area contributed by atoms with Gasteiger partial charge in [0, 0.05) is 12.8 Å². The highest BCUT2D eigenvalue weighted by Crippen LogP contribution is 2.30. The number of hydrogen-bond donors (Lipinski definition) is 3. The van der Waals surface area contributed by atoms with Crippen LogP contribution >= 0.6 is 0 Å². The molecule has 0 aromatic carbocycles. The molecule has 1 saturated carbocycles. The van der Waals surface area contributed by atoms with Crippen LogP contribution in [0.15, 0.2) is 0 Å². The summed E-state index contributed by atoms with van der Waals surface area (Å²) in [7, 11) is -3.10. The monoisotopic (exact) mass is 264 g/mol. The Morgan fingerprint density at radius 3 is 2.53 bits per heavy atom. The number of nitrogens with one attached hydrogen (secondary N) is 1. The molecule has 0 bridgehead atoms. The van der Waals surface area contributed by atoms with Gasteiger partial charge in [-0.15, -0.1) is 0 Å². The number of hydrogen-bond acceptors (Lipinski definition) is 5. The highest BCUT2D eigenvalue weighted by molar-refractivity contribution is 7.90. The summed E-state index contributed by atoms with van der Waals surface area (Å²) in [6.45, 7) is 0.193. The topological polar surface area (TPSA) is 109 Å². The van der Waals surface area contributed by atoms with Gasteiger partial charge in [0.1, 0.15) is 9.84 Å². The Morgan fingerprint density at radius 2 is 2.12 bits per heavy atom. The maximum atomic E-state index is 11.5. The fourth-order valence-electron chi connectivity index (χ4n) is 1.62. The van der Waals surface area contributed by atoms with E-state index >= 15 is 0 Å². The van der Waals surface area contributed by atoms with Crippen molar-refractivity contribution in [3.63, 3.8) is 0 Å². The van der Waals surface area contributed by atoms with E-state index in [9.17, 15) is 18.3 Å². The summed E-state index contributed by atoms with van der Waals surface area (Å²) < 4.78 is 21.8. The van der Waals surface area contributed by atoms with E-state index < -0.39 is 27.4 Å². The van der Waals surface area contributed by atoms with Crippen LogP contribution in [0.5, 0.6) is 0 Å². The Labute approximate surface area is 101 Å². The fraction of sp³-hybridized carbons (Fsp3) is 0.900. The van der Waals surface area contributed by atoms with Crippen LogP contribution in [0.1, 0.15) is 25.7 Å². The molecule has 1 amide bonds. The lowest BCUT2D eigenvalue weighted by molar-refractivity contribution is -0.124. The van der Waals surface area contributed by atoms with E-state index in [2.05, 4.69) is 5.32 Å². The normalized spacial score (nSPS) is 20.4. The Balaban J connectivity index is 2.27. The molecule has 6 nitrogen and oxygen atoms in total. The van der Waals surface area contributed by atoms with Crippen molar-refractivity contribution >= 4 is 15.7 Å². The summed E-state index contributed by atoms with van der Waals surface area (Å²) in [6.07, 6.45) is 3.54. The van der Waals surface area contributed by atoms with Crippen molar-refractivity contribution in [2.75, 3.05) is 18.6 Å². The largest absolute Gasteiger partial charge is 0.388 e. The molecule has 1 rings (SSSR count). The van der Waals surface area contributed by atoms with Gasteiger partial charge < -0.3 is 16.2 Å². The van der Waals surface area contributed by atoms with E-state index in [0.717, 1.165) is 12.7 Å². The van der Waals surface area contributed by atoms with Crippen LogP contribution in [0, 0.1) is 0 Å². The molecular weight excluding hydrogens is 244 g/mol. The third kappa shape index (κ3) is 5.01. The van der Waals surface area contributed by atoms with Crippen molar-refractivity contribution in [3.8, 4) is 0 Å². The number of amides is 1. The average molecular weight is 264 g/mol. The number of carbonyl (C=O) groups excluding carboxylic acids is 1. The maximum absolute atomic E-state index is 11.5. The first-order chi connectivity index (χ1) is 7.72. The van der Waals surface area contributed by atoms with Gasteiger partial charge in [0.2, 0.25) is 5.91 Å². The van der Waals surface area contributed by atoms with Crippen molar-refractivity contribution in [1.82, 2.24) is 5.32 Å². The second-order valence-electron chi connectivity index (χ2n) is 4.82. The molecule has 1 unspecified atom stereocenters. The van der Waals surface area contributed by atoms with E-state index in [1.165, 1.54) is 0 Å². The average Bonchev–Trinajstić information content (AvgIpc) is 2.18. The minimum Gasteiger partial charge on any atom is -0.388 e. The predicted octanol–water partition coefficient (Wildman–Crippen LogP) is -1.22. The molecule has 0 saturated heterocycles. The summed E-state index contributed by atoms with van der Waals surface area (Å²) in [5.74, 6) is -0.514. The highest BCUT2D eigenvalue weighted by atomic mass is 32.2.